The second kappa shape index (κ2) is 7.83. The lowest BCUT2D eigenvalue weighted by Gasteiger charge is -2.10. The van der Waals surface area contributed by atoms with E-state index in [0.717, 1.165) is 16.3 Å². The van der Waals surface area contributed by atoms with Crippen molar-refractivity contribution in [3.05, 3.63) is 63.7 Å². The Morgan fingerprint density at radius 1 is 1.12 bits per heavy atom. The maximum absolute atomic E-state index is 10.7. The third-order valence-electron chi connectivity index (χ3n) is 3.62. The molecule has 1 heterocycles. The van der Waals surface area contributed by atoms with Crippen LogP contribution in [0.1, 0.15) is 5.69 Å². The van der Waals surface area contributed by atoms with Crippen LogP contribution >= 0.6 is 11.3 Å². The lowest BCUT2D eigenvalue weighted by molar-refractivity contribution is -0.384. The van der Waals surface area contributed by atoms with Gasteiger partial charge < -0.3 is 14.2 Å². The third kappa shape index (κ3) is 3.75. The topological polar surface area (TPSA) is 83.7 Å². The van der Waals surface area contributed by atoms with Crippen LogP contribution in [0.15, 0.2) is 47.8 Å². The Morgan fingerprint density at radius 2 is 1.88 bits per heavy atom. The van der Waals surface area contributed by atoms with Crippen LogP contribution < -0.4 is 14.2 Å². The summed E-state index contributed by atoms with van der Waals surface area (Å²) in [6, 6.07) is 11.6. The summed E-state index contributed by atoms with van der Waals surface area (Å²) in [5.41, 5.74) is 1.63. The van der Waals surface area contributed by atoms with Gasteiger partial charge in [-0.3, -0.25) is 10.1 Å². The number of nitro benzene ring substituents is 1. The van der Waals surface area contributed by atoms with Gasteiger partial charge in [-0.1, -0.05) is 6.07 Å². The van der Waals surface area contributed by atoms with E-state index in [1.54, 1.807) is 26.4 Å². The minimum Gasteiger partial charge on any atom is -0.493 e. The van der Waals surface area contributed by atoms with Gasteiger partial charge in [0.25, 0.3) is 5.69 Å². The Bertz CT molecular complexity index is 908. The molecule has 0 bridgehead atoms. The quantitative estimate of drug-likeness (QED) is 0.454. The van der Waals surface area contributed by atoms with Gasteiger partial charge in [-0.25, -0.2) is 4.98 Å². The Labute approximate surface area is 153 Å². The second-order valence-electron chi connectivity index (χ2n) is 5.22. The number of nitrogens with zero attached hydrogens (tertiary/aromatic N) is 2. The van der Waals surface area contributed by atoms with Crippen molar-refractivity contribution in [3.8, 4) is 27.8 Å². The Kier molecular flexibility index (Phi) is 5.33. The molecular formula is C18H16N2O5S. The van der Waals surface area contributed by atoms with Crippen LogP contribution in [0, 0.1) is 10.1 Å². The minimum absolute atomic E-state index is 0.0263. The van der Waals surface area contributed by atoms with Gasteiger partial charge in [0, 0.05) is 17.5 Å². The van der Waals surface area contributed by atoms with Gasteiger partial charge in [0.2, 0.25) is 0 Å². The molecule has 0 unspecified atom stereocenters. The molecule has 2 aromatic carbocycles. The predicted octanol–water partition coefficient (Wildman–Crippen LogP) is 4.31. The Balaban J connectivity index is 1.73. The van der Waals surface area contributed by atoms with Crippen molar-refractivity contribution in [2.75, 3.05) is 14.2 Å². The molecule has 0 atom stereocenters. The number of para-hydroxylation sites is 1. The van der Waals surface area contributed by atoms with Gasteiger partial charge in [-0.05, 0) is 24.3 Å². The Morgan fingerprint density at radius 3 is 2.54 bits per heavy atom. The van der Waals surface area contributed by atoms with Gasteiger partial charge in [-0.2, -0.15) is 0 Å². The molecule has 0 fully saturated rings. The smallest absolute Gasteiger partial charge is 0.269 e. The molecule has 0 saturated carbocycles. The van der Waals surface area contributed by atoms with Gasteiger partial charge in [0.15, 0.2) is 11.5 Å². The van der Waals surface area contributed by atoms with Crippen LogP contribution in [0.25, 0.3) is 10.6 Å². The van der Waals surface area contributed by atoms with E-state index in [1.807, 2.05) is 23.6 Å². The number of nitro groups is 1. The summed E-state index contributed by atoms with van der Waals surface area (Å²) in [6.45, 7) is 0.264. The van der Waals surface area contributed by atoms with Crippen molar-refractivity contribution in [2.24, 2.45) is 0 Å². The summed E-state index contributed by atoms with van der Waals surface area (Å²) in [5, 5.41) is 13.4. The molecule has 3 rings (SSSR count). The maximum Gasteiger partial charge on any atom is 0.269 e. The molecule has 26 heavy (non-hydrogen) atoms. The summed E-state index contributed by atoms with van der Waals surface area (Å²) in [5.74, 6) is 1.82. The summed E-state index contributed by atoms with van der Waals surface area (Å²) >= 11 is 1.48. The molecule has 0 radical (unpaired) electrons. The zero-order valence-electron chi connectivity index (χ0n) is 14.2. The van der Waals surface area contributed by atoms with E-state index in [0.29, 0.717) is 17.2 Å². The number of rotatable bonds is 7. The first-order chi connectivity index (χ1) is 12.6. The van der Waals surface area contributed by atoms with Crippen LogP contribution in [0.4, 0.5) is 5.69 Å². The minimum atomic E-state index is -0.446. The largest absolute Gasteiger partial charge is 0.493 e. The molecule has 0 spiro atoms. The van der Waals surface area contributed by atoms with Crippen molar-refractivity contribution >= 4 is 17.0 Å². The van der Waals surface area contributed by atoms with Crippen LogP contribution in [0.2, 0.25) is 0 Å². The summed E-state index contributed by atoms with van der Waals surface area (Å²) in [4.78, 5) is 14.8. The normalized spacial score (nSPS) is 10.4. The molecule has 0 aliphatic heterocycles. The number of methoxy groups -OCH3 is 2. The number of benzene rings is 2. The lowest BCUT2D eigenvalue weighted by atomic mass is 10.2. The van der Waals surface area contributed by atoms with E-state index in [2.05, 4.69) is 4.98 Å². The predicted molar refractivity (Wildman–Crippen MR) is 98.1 cm³/mol. The van der Waals surface area contributed by atoms with Crippen molar-refractivity contribution in [2.45, 2.75) is 6.61 Å². The molecule has 0 aliphatic rings. The molecular weight excluding hydrogens is 356 g/mol. The lowest BCUT2D eigenvalue weighted by Crippen LogP contribution is -1.97. The van der Waals surface area contributed by atoms with Crippen molar-refractivity contribution < 1.29 is 19.1 Å². The monoisotopic (exact) mass is 372 g/mol. The summed E-state index contributed by atoms with van der Waals surface area (Å²) in [7, 11) is 3.18. The number of hydrogen-bond acceptors (Lipinski definition) is 7. The van der Waals surface area contributed by atoms with Crippen molar-refractivity contribution in [3.63, 3.8) is 0 Å². The fourth-order valence-electron chi connectivity index (χ4n) is 2.37. The number of thiazole rings is 1. The molecule has 8 heteroatoms. The van der Waals surface area contributed by atoms with E-state index >= 15 is 0 Å². The van der Waals surface area contributed by atoms with Crippen molar-refractivity contribution in [1.29, 1.82) is 0 Å². The van der Waals surface area contributed by atoms with Crippen molar-refractivity contribution in [1.82, 2.24) is 4.98 Å². The highest BCUT2D eigenvalue weighted by molar-refractivity contribution is 7.13. The number of aromatic nitrogens is 1. The van der Waals surface area contributed by atoms with E-state index in [-0.39, 0.29) is 12.3 Å². The fourth-order valence-corrected chi connectivity index (χ4v) is 3.20. The molecule has 0 saturated heterocycles. The number of ether oxygens (including phenoxy) is 3. The third-order valence-corrected chi connectivity index (χ3v) is 4.54. The number of hydrogen-bond donors (Lipinski definition) is 0. The average molecular weight is 372 g/mol. The average Bonchev–Trinajstić information content (AvgIpc) is 3.14. The van der Waals surface area contributed by atoms with Gasteiger partial charge in [-0.15, -0.1) is 11.3 Å². The fraction of sp³-hybridized carbons (Fsp3) is 0.167. The first-order valence-electron chi connectivity index (χ1n) is 7.65. The SMILES string of the molecule is COc1cccc(-c2nc(COc3ccc([N+](=O)[O-])cc3)cs2)c1OC. The molecule has 7 nitrogen and oxygen atoms in total. The highest BCUT2D eigenvalue weighted by Crippen LogP contribution is 2.39. The Hall–Kier alpha value is -3.13. The zero-order chi connectivity index (χ0) is 18.5. The van der Waals surface area contributed by atoms with E-state index in [1.165, 1.54) is 23.5 Å². The standard InChI is InChI=1S/C18H16N2O5S/c1-23-16-5-3-4-15(17(16)24-2)18-19-12(11-26-18)10-25-14-8-6-13(7-9-14)20(21)22/h3-9,11H,10H2,1-2H3. The highest BCUT2D eigenvalue weighted by atomic mass is 32.1. The molecule has 3 aromatic rings. The van der Waals surface area contributed by atoms with Gasteiger partial charge >= 0.3 is 0 Å². The second-order valence-corrected chi connectivity index (χ2v) is 6.08. The number of non-ortho nitro benzene ring substituents is 1. The van der Waals surface area contributed by atoms with E-state index < -0.39 is 4.92 Å². The van der Waals surface area contributed by atoms with Crippen LogP contribution in [-0.2, 0) is 6.61 Å². The first kappa shape index (κ1) is 17.7. The summed E-state index contributed by atoms with van der Waals surface area (Å²) < 4.78 is 16.4. The van der Waals surface area contributed by atoms with E-state index in [4.69, 9.17) is 14.2 Å². The van der Waals surface area contributed by atoms with E-state index in [9.17, 15) is 10.1 Å². The molecule has 0 amide bonds. The molecule has 0 aliphatic carbocycles. The molecule has 1 aromatic heterocycles. The zero-order valence-corrected chi connectivity index (χ0v) is 15.0. The molecule has 0 N–H and O–H groups in total. The maximum atomic E-state index is 10.7. The molecule has 134 valence electrons. The van der Waals surface area contributed by atoms with Crippen LogP contribution in [0.5, 0.6) is 17.2 Å². The first-order valence-corrected chi connectivity index (χ1v) is 8.53. The van der Waals surface area contributed by atoms with Gasteiger partial charge in [0.1, 0.15) is 17.4 Å². The van der Waals surface area contributed by atoms with Crippen LogP contribution in [-0.4, -0.2) is 24.1 Å². The summed E-state index contributed by atoms with van der Waals surface area (Å²) in [6.07, 6.45) is 0. The van der Waals surface area contributed by atoms with Crippen LogP contribution in [0.3, 0.4) is 0 Å². The van der Waals surface area contributed by atoms with Gasteiger partial charge in [0.05, 0.1) is 30.4 Å². The highest BCUT2D eigenvalue weighted by Gasteiger charge is 2.15.